The van der Waals surface area contributed by atoms with Gasteiger partial charge in [-0.15, -0.1) is 0 Å². The van der Waals surface area contributed by atoms with E-state index in [1.165, 1.54) is 11.1 Å². The highest BCUT2D eigenvalue weighted by molar-refractivity contribution is 6.01. The number of aryl methyl sites for hydroxylation is 4. The van der Waals surface area contributed by atoms with E-state index >= 15 is 0 Å². The van der Waals surface area contributed by atoms with E-state index in [9.17, 15) is 4.79 Å². The largest absolute Gasteiger partial charge is 0.383 e. The Bertz CT molecular complexity index is 1350. The molecule has 0 bridgehead atoms. The minimum atomic E-state index is -0.0207. The maximum absolute atomic E-state index is 13.1. The van der Waals surface area contributed by atoms with Crippen LogP contribution in [0, 0.1) is 20.8 Å². The summed E-state index contributed by atoms with van der Waals surface area (Å²) >= 11 is 0. The Morgan fingerprint density at radius 2 is 1.79 bits per heavy atom. The molecule has 33 heavy (non-hydrogen) atoms. The van der Waals surface area contributed by atoms with Crippen LogP contribution in [0.2, 0.25) is 0 Å². The van der Waals surface area contributed by atoms with E-state index in [0.29, 0.717) is 37.1 Å². The molecule has 1 fully saturated rings. The highest BCUT2D eigenvalue weighted by Crippen LogP contribution is 2.33. The third-order valence-electron chi connectivity index (χ3n) is 6.04. The van der Waals surface area contributed by atoms with Crippen molar-refractivity contribution in [3.05, 3.63) is 65.2 Å². The van der Waals surface area contributed by atoms with Crippen molar-refractivity contribution in [2.24, 2.45) is 7.05 Å². The molecular weight excluding hydrogens is 414 g/mol. The van der Waals surface area contributed by atoms with Crippen molar-refractivity contribution >= 4 is 28.7 Å². The van der Waals surface area contributed by atoms with Crippen molar-refractivity contribution in [2.75, 3.05) is 23.7 Å². The molecule has 0 atom stereocenters. The number of amides is 2. The summed E-state index contributed by atoms with van der Waals surface area (Å²) in [6.45, 7) is 7.88. The van der Waals surface area contributed by atoms with Gasteiger partial charge in [0, 0.05) is 50.2 Å². The van der Waals surface area contributed by atoms with Gasteiger partial charge in [-0.3, -0.25) is 4.90 Å². The van der Waals surface area contributed by atoms with E-state index < -0.39 is 0 Å². The molecule has 8 heteroatoms. The van der Waals surface area contributed by atoms with Crippen LogP contribution >= 0.6 is 0 Å². The maximum Gasteiger partial charge on any atom is 0.326 e. The predicted molar refractivity (Wildman–Crippen MR) is 130 cm³/mol. The van der Waals surface area contributed by atoms with Gasteiger partial charge >= 0.3 is 6.03 Å². The van der Waals surface area contributed by atoms with Crippen LogP contribution in [0.5, 0.6) is 0 Å². The minimum Gasteiger partial charge on any atom is -0.383 e. The molecule has 0 saturated carbocycles. The molecule has 2 amide bonds. The molecule has 1 aliphatic heterocycles. The zero-order valence-corrected chi connectivity index (χ0v) is 19.3. The van der Waals surface area contributed by atoms with E-state index in [0.717, 1.165) is 27.7 Å². The van der Waals surface area contributed by atoms with Gasteiger partial charge in [0.2, 0.25) is 0 Å². The third-order valence-corrected chi connectivity index (χ3v) is 6.04. The van der Waals surface area contributed by atoms with Gasteiger partial charge in [0.05, 0.1) is 5.39 Å². The molecule has 4 heterocycles. The fraction of sp³-hybridized carbons (Fsp3) is 0.280. The van der Waals surface area contributed by atoms with Gasteiger partial charge in [0.1, 0.15) is 23.1 Å². The topological polar surface area (TPSA) is 93.2 Å². The summed E-state index contributed by atoms with van der Waals surface area (Å²) in [5.74, 6) is 1.74. The van der Waals surface area contributed by atoms with Crippen LogP contribution in [0.3, 0.4) is 0 Å². The van der Waals surface area contributed by atoms with Gasteiger partial charge in [-0.1, -0.05) is 29.3 Å². The highest BCUT2D eigenvalue weighted by atomic mass is 16.2. The molecule has 0 unspecified atom stereocenters. The zero-order chi connectivity index (χ0) is 23.3. The summed E-state index contributed by atoms with van der Waals surface area (Å²) in [4.78, 5) is 30.1. The van der Waals surface area contributed by atoms with E-state index in [2.05, 4.69) is 47.0 Å². The lowest BCUT2D eigenvalue weighted by molar-refractivity contribution is 0.218. The Kier molecular flexibility index (Phi) is 5.00. The van der Waals surface area contributed by atoms with Crippen molar-refractivity contribution < 1.29 is 4.79 Å². The number of urea groups is 1. The maximum atomic E-state index is 13.1. The first-order valence-electron chi connectivity index (χ1n) is 11.0. The van der Waals surface area contributed by atoms with Gasteiger partial charge in [0.15, 0.2) is 0 Å². The molecule has 3 aromatic heterocycles. The number of carbonyl (C=O) groups excluding carboxylic acids is 1. The van der Waals surface area contributed by atoms with Gasteiger partial charge in [-0.05, 0) is 38.5 Å². The van der Waals surface area contributed by atoms with Crippen LogP contribution < -0.4 is 10.6 Å². The Hall–Kier alpha value is -3.94. The number of hydrogen-bond donors (Lipinski definition) is 1. The quantitative estimate of drug-likeness (QED) is 0.517. The molecule has 0 radical (unpaired) electrons. The smallest absolute Gasteiger partial charge is 0.326 e. The Balaban J connectivity index is 1.38. The molecule has 8 nitrogen and oxygen atoms in total. The Morgan fingerprint density at radius 1 is 1.03 bits per heavy atom. The number of hydrogen-bond acceptors (Lipinski definition) is 5. The van der Waals surface area contributed by atoms with E-state index in [4.69, 9.17) is 5.73 Å². The fourth-order valence-electron chi connectivity index (χ4n) is 4.66. The van der Waals surface area contributed by atoms with Crippen LogP contribution in [0.15, 0.2) is 42.7 Å². The summed E-state index contributed by atoms with van der Waals surface area (Å²) in [5, 5.41) is 0.814. The number of benzene rings is 1. The summed E-state index contributed by atoms with van der Waals surface area (Å²) in [6.07, 6.45) is 3.77. The van der Waals surface area contributed by atoms with E-state index in [1.54, 1.807) is 11.1 Å². The summed E-state index contributed by atoms with van der Waals surface area (Å²) in [7, 11) is 1.94. The first kappa shape index (κ1) is 20.9. The van der Waals surface area contributed by atoms with Crippen LogP contribution in [0.25, 0.3) is 22.2 Å². The molecule has 0 spiro atoms. The van der Waals surface area contributed by atoms with Crippen LogP contribution in [-0.4, -0.2) is 43.5 Å². The molecule has 2 N–H and O–H groups in total. The normalized spacial score (nSPS) is 14.0. The van der Waals surface area contributed by atoms with E-state index in [-0.39, 0.29) is 6.03 Å². The molecule has 1 saturated heterocycles. The zero-order valence-electron chi connectivity index (χ0n) is 19.3. The second-order valence-electron chi connectivity index (χ2n) is 8.77. The van der Waals surface area contributed by atoms with Gasteiger partial charge < -0.3 is 15.2 Å². The van der Waals surface area contributed by atoms with Crippen LogP contribution in [-0.2, 0) is 13.6 Å². The summed E-state index contributed by atoms with van der Waals surface area (Å²) in [5.41, 5.74) is 12.4. The molecule has 168 valence electrons. The Labute approximate surface area is 192 Å². The highest BCUT2D eigenvalue weighted by Gasteiger charge is 2.30. The van der Waals surface area contributed by atoms with Crippen molar-refractivity contribution in [3.8, 4) is 11.1 Å². The van der Waals surface area contributed by atoms with Crippen molar-refractivity contribution in [2.45, 2.75) is 27.3 Å². The third kappa shape index (κ3) is 3.77. The summed E-state index contributed by atoms with van der Waals surface area (Å²) < 4.78 is 1.94. The fourth-order valence-corrected chi connectivity index (χ4v) is 4.66. The van der Waals surface area contributed by atoms with Gasteiger partial charge in [0.25, 0.3) is 0 Å². The van der Waals surface area contributed by atoms with Crippen LogP contribution in [0.1, 0.15) is 22.5 Å². The van der Waals surface area contributed by atoms with Gasteiger partial charge in [-0.25, -0.2) is 19.7 Å². The molecular formula is C25H27N7O. The summed E-state index contributed by atoms with van der Waals surface area (Å²) in [6, 6.07) is 10.2. The molecule has 4 aromatic rings. The lowest BCUT2D eigenvalue weighted by Crippen LogP contribution is -2.31. The number of fused-ring (bicyclic) bond motifs is 1. The lowest BCUT2D eigenvalue weighted by Gasteiger charge is -2.19. The number of anilines is 2. The second kappa shape index (κ2) is 7.88. The van der Waals surface area contributed by atoms with Gasteiger partial charge in [-0.2, -0.15) is 0 Å². The molecule has 0 aliphatic carbocycles. The number of rotatable bonds is 4. The number of aromatic nitrogens is 4. The predicted octanol–water partition coefficient (Wildman–Crippen LogP) is 3.98. The number of nitrogens with two attached hydrogens (primary N) is 1. The average Bonchev–Trinajstić information content (AvgIpc) is 3.28. The van der Waals surface area contributed by atoms with E-state index in [1.807, 2.05) is 41.8 Å². The number of nitrogens with zero attached hydrogens (tertiary/aromatic N) is 6. The first-order chi connectivity index (χ1) is 15.8. The minimum absolute atomic E-state index is 0.0207. The van der Waals surface area contributed by atoms with Crippen LogP contribution in [0.4, 0.5) is 16.4 Å². The van der Waals surface area contributed by atoms with Crippen molar-refractivity contribution in [1.82, 2.24) is 24.4 Å². The molecule has 1 aromatic carbocycles. The monoisotopic (exact) mass is 441 g/mol. The number of nitrogen functional groups attached to an aromatic ring is 1. The lowest BCUT2D eigenvalue weighted by atomic mass is 10.1. The average molecular weight is 442 g/mol. The SMILES string of the molecule is Cc1cc(C)cc(CN2CCN(c3ccc(-c4cn(C)c5nc(C)nc(N)c45)cn3)C2=O)c1. The number of carbonyl (C=O) groups is 1. The molecule has 1 aliphatic rings. The first-order valence-corrected chi connectivity index (χ1v) is 11.0. The van der Waals surface area contributed by atoms with Crippen molar-refractivity contribution in [3.63, 3.8) is 0 Å². The number of pyridine rings is 1. The standard InChI is InChI=1S/C25H27N7O/c1-15-9-16(2)11-18(10-15)13-31-7-8-32(25(31)33)21-6-5-19(12-27-21)20-14-30(4)24-22(20)23(26)28-17(3)29-24/h5-6,9-12,14H,7-8,13H2,1-4H3,(H2,26,28,29). The van der Waals surface area contributed by atoms with Crippen molar-refractivity contribution in [1.29, 1.82) is 0 Å². The second-order valence-corrected chi connectivity index (χ2v) is 8.77. The molecule has 5 rings (SSSR count). The Morgan fingerprint density at radius 3 is 2.48 bits per heavy atom.